The van der Waals surface area contributed by atoms with Crippen LogP contribution in [-0.4, -0.2) is 62.5 Å². The number of likely N-dealkylation sites (tertiary alicyclic amines) is 1. The Kier molecular flexibility index (Phi) is 5.67. The average molecular weight is 412 g/mol. The smallest absolute Gasteiger partial charge is 0.342 e. The van der Waals surface area contributed by atoms with Crippen molar-refractivity contribution in [3.05, 3.63) is 34.4 Å². The molecule has 1 aliphatic heterocycles. The van der Waals surface area contributed by atoms with E-state index in [9.17, 15) is 22.8 Å². The molecule has 3 rings (SSSR count). The Bertz CT molecular complexity index is 909. The predicted octanol–water partition coefficient (Wildman–Crippen LogP) is 2.07. The molecule has 0 unspecified atom stereocenters. The van der Waals surface area contributed by atoms with Crippen LogP contribution in [0.25, 0.3) is 0 Å². The summed E-state index contributed by atoms with van der Waals surface area (Å²) in [5.74, 6) is -0.879. The van der Waals surface area contributed by atoms with Gasteiger partial charge in [-0.2, -0.15) is 23.4 Å². The van der Waals surface area contributed by atoms with Crippen molar-refractivity contribution in [2.45, 2.75) is 38.8 Å². The highest BCUT2D eigenvalue weighted by Crippen LogP contribution is 2.28. The van der Waals surface area contributed by atoms with E-state index in [0.717, 1.165) is 5.69 Å². The summed E-state index contributed by atoms with van der Waals surface area (Å²) in [6, 6.07) is 1.48. The van der Waals surface area contributed by atoms with Gasteiger partial charge in [0, 0.05) is 37.4 Å². The van der Waals surface area contributed by atoms with Gasteiger partial charge < -0.3 is 10.2 Å². The first-order chi connectivity index (χ1) is 13.6. The summed E-state index contributed by atoms with van der Waals surface area (Å²) in [5, 5.41) is 12.7. The van der Waals surface area contributed by atoms with E-state index >= 15 is 0 Å². The number of nitrogens with zero attached hydrogens (tertiary/aromatic N) is 4. The Labute approximate surface area is 165 Å². The fourth-order valence-corrected chi connectivity index (χ4v) is 3.57. The van der Waals surface area contributed by atoms with Crippen LogP contribution in [0.2, 0.25) is 0 Å². The fraction of sp³-hybridized carbons (Fsp3) is 0.556. The van der Waals surface area contributed by atoms with Crippen molar-refractivity contribution in [1.29, 1.82) is 0 Å². The maximum absolute atomic E-state index is 12.9. The highest BCUT2D eigenvalue weighted by molar-refractivity contribution is 5.96. The Morgan fingerprint density at radius 1 is 1.28 bits per heavy atom. The fourth-order valence-electron chi connectivity index (χ4n) is 3.57. The number of amides is 2. The van der Waals surface area contributed by atoms with Crippen LogP contribution in [0.5, 0.6) is 0 Å². The largest absolute Gasteiger partial charge is 0.405 e. The molecular formula is C18H23F3N6O2. The number of aromatic nitrogens is 4. The lowest BCUT2D eigenvalue weighted by Crippen LogP contribution is -2.38. The van der Waals surface area contributed by atoms with Gasteiger partial charge in [0.1, 0.15) is 12.2 Å². The number of H-pyrrole nitrogens is 1. The number of aryl methyl sites for hydroxylation is 2. The summed E-state index contributed by atoms with van der Waals surface area (Å²) in [6.07, 6.45) is -3.15. The molecule has 0 spiro atoms. The summed E-state index contributed by atoms with van der Waals surface area (Å²) < 4.78 is 38.4. The quantitative estimate of drug-likeness (QED) is 0.804. The summed E-state index contributed by atoms with van der Waals surface area (Å²) in [7, 11) is 1.80. The summed E-state index contributed by atoms with van der Waals surface area (Å²) in [5.41, 5.74) is 2.74. The first-order valence-electron chi connectivity index (χ1n) is 9.26. The van der Waals surface area contributed by atoms with Gasteiger partial charge in [0.2, 0.25) is 0 Å². The second kappa shape index (κ2) is 7.88. The van der Waals surface area contributed by atoms with Crippen molar-refractivity contribution >= 4 is 11.8 Å². The molecular weight excluding hydrogens is 389 g/mol. The first kappa shape index (κ1) is 20.9. The summed E-state index contributed by atoms with van der Waals surface area (Å²) >= 11 is 0. The SMILES string of the molecule is Cc1nn(C)c(C)c1C(=O)N1CCC(c2cc(C(=O)NCC(F)(F)F)n[nH]2)CC1. The lowest BCUT2D eigenvalue weighted by Gasteiger charge is -2.31. The van der Waals surface area contributed by atoms with E-state index < -0.39 is 18.6 Å². The standard InChI is InChI=1S/C18H23F3N6O2/c1-10-15(11(2)26(3)25-10)17(29)27-6-4-12(5-7-27)13-8-14(24-23-13)16(28)22-9-18(19,20)21/h8,12H,4-7,9H2,1-3H3,(H,22,28)(H,23,24). The van der Waals surface area contributed by atoms with Crippen LogP contribution in [-0.2, 0) is 7.05 Å². The lowest BCUT2D eigenvalue weighted by molar-refractivity contribution is -0.123. The number of alkyl halides is 3. The molecule has 0 bridgehead atoms. The monoisotopic (exact) mass is 412 g/mol. The molecule has 1 aliphatic rings. The summed E-state index contributed by atoms with van der Waals surface area (Å²) in [4.78, 5) is 26.4. The minimum atomic E-state index is -4.47. The van der Waals surface area contributed by atoms with Gasteiger partial charge in [0.25, 0.3) is 11.8 Å². The van der Waals surface area contributed by atoms with Crippen molar-refractivity contribution < 1.29 is 22.8 Å². The molecule has 0 saturated carbocycles. The van der Waals surface area contributed by atoms with Gasteiger partial charge >= 0.3 is 6.18 Å². The van der Waals surface area contributed by atoms with Crippen LogP contribution in [0, 0.1) is 13.8 Å². The molecule has 0 aromatic carbocycles. The molecule has 0 aliphatic carbocycles. The van der Waals surface area contributed by atoms with Gasteiger partial charge in [-0.25, -0.2) is 0 Å². The Morgan fingerprint density at radius 3 is 2.48 bits per heavy atom. The van der Waals surface area contributed by atoms with E-state index in [1.807, 2.05) is 13.8 Å². The van der Waals surface area contributed by atoms with Crippen LogP contribution in [0.4, 0.5) is 13.2 Å². The van der Waals surface area contributed by atoms with Crippen molar-refractivity contribution in [2.75, 3.05) is 19.6 Å². The highest BCUT2D eigenvalue weighted by Gasteiger charge is 2.30. The molecule has 29 heavy (non-hydrogen) atoms. The van der Waals surface area contributed by atoms with E-state index in [1.165, 1.54) is 6.07 Å². The number of piperidine rings is 1. The topological polar surface area (TPSA) is 95.9 Å². The molecule has 1 saturated heterocycles. The number of nitrogens with one attached hydrogen (secondary N) is 2. The molecule has 158 valence electrons. The Hall–Kier alpha value is -2.85. The minimum absolute atomic E-state index is 0.0480. The zero-order valence-electron chi connectivity index (χ0n) is 16.4. The first-order valence-corrected chi connectivity index (χ1v) is 9.26. The normalized spacial score (nSPS) is 15.6. The predicted molar refractivity (Wildman–Crippen MR) is 97.5 cm³/mol. The second-order valence-corrected chi connectivity index (χ2v) is 7.24. The molecule has 1 fully saturated rings. The molecule has 0 radical (unpaired) electrons. The third-order valence-electron chi connectivity index (χ3n) is 5.22. The lowest BCUT2D eigenvalue weighted by atomic mass is 9.93. The van der Waals surface area contributed by atoms with Crippen molar-refractivity contribution in [3.8, 4) is 0 Å². The number of rotatable bonds is 4. The average Bonchev–Trinajstić information content (AvgIpc) is 3.24. The van der Waals surface area contributed by atoms with Crippen LogP contribution in [0.15, 0.2) is 6.07 Å². The van der Waals surface area contributed by atoms with Crippen LogP contribution < -0.4 is 5.32 Å². The molecule has 8 nitrogen and oxygen atoms in total. The van der Waals surface area contributed by atoms with Gasteiger partial charge in [-0.3, -0.25) is 19.4 Å². The maximum atomic E-state index is 12.9. The van der Waals surface area contributed by atoms with E-state index in [1.54, 1.807) is 21.9 Å². The van der Waals surface area contributed by atoms with Crippen LogP contribution >= 0.6 is 0 Å². The zero-order chi connectivity index (χ0) is 21.3. The molecule has 2 N–H and O–H groups in total. The molecule has 11 heteroatoms. The molecule has 2 aromatic rings. The van der Waals surface area contributed by atoms with E-state index in [0.29, 0.717) is 42.9 Å². The third-order valence-corrected chi connectivity index (χ3v) is 5.22. The maximum Gasteiger partial charge on any atom is 0.405 e. The third kappa shape index (κ3) is 4.60. The zero-order valence-corrected chi connectivity index (χ0v) is 16.4. The van der Waals surface area contributed by atoms with E-state index in [2.05, 4.69) is 15.3 Å². The number of hydrogen-bond acceptors (Lipinski definition) is 4. The molecule has 0 atom stereocenters. The Balaban J connectivity index is 1.59. The molecule has 2 amide bonds. The van der Waals surface area contributed by atoms with Crippen molar-refractivity contribution in [1.82, 2.24) is 30.2 Å². The number of hydrogen-bond donors (Lipinski definition) is 2. The van der Waals surface area contributed by atoms with Crippen molar-refractivity contribution in [2.24, 2.45) is 7.05 Å². The van der Waals surface area contributed by atoms with E-state index in [-0.39, 0.29) is 17.5 Å². The number of carbonyl (C=O) groups excluding carboxylic acids is 2. The van der Waals surface area contributed by atoms with E-state index in [4.69, 9.17) is 0 Å². The van der Waals surface area contributed by atoms with Gasteiger partial charge in [0.15, 0.2) is 0 Å². The van der Waals surface area contributed by atoms with Crippen molar-refractivity contribution in [3.63, 3.8) is 0 Å². The van der Waals surface area contributed by atoms with Crippen LogP contribution in [0.3, 0.4) is 0 Å². The minimum Gasteiger partial charge on any atom is -0.342 e. The molecule has 2 aromatic heterocycles. The Morgan fingerprint density at radius 2 is 1.93 bits per heavy atom. The number of halogens is 3. The van der Waals surface area contributed by atoms with Crippen LogP contribution in [0.1, 0.15) is 56.7 Å². The van der Waals surface area contributed by atoms with Gasteiger partial charge in [-0.05, 0) is 32.8 Å². The summed E-state index contributed by atoms with van der Waals surface area (Å²) in [6.45, 7) is 3.33. The van der Waals surface area contributed by atoms with Gasteiger partial charge in [0.05, 0.1) is 11.3 Å². The van der Waals surface area contributed by atoms with Gasteiger partial charge in [-0.1, -0.05) is 0 Å². The number of carbonyl (C=O) groups is 2. The second-order valence-electron chi connectivity index (χ2n) is 7.24. The number of aromatic amines is 1. The molecule has 3 heterocycles. The van der Waals surface area contributed by atoms with Gasteiger partial charge in [-0.15, -0.1) is 0 Å². The highest BCUT2D eigenvalue weighted by atomic mass is 19.4.